The van der Waals surface area contributed by atoms with Gasteiger partial charge in [-0.25, -0.2) is 9.97 Å². The molecule has 0 aliphatic carbocycles. The number of fused-ring (bicyclic) bond motifs is 1. The van der Waals surface area contributed by atoms with E-state index < -0.39 is 0 Å². The van der Waals surface area contributed by atoms with Crippen molar-refractivity contribution in [2.45, 2.75) is 13.8 Å². The molecule has 0 unspecified atom stereocenters. The topological polar surface area (TPSA) is 77.9 Å². The van der Waals surface area contributed by atoms with Crippen LogP contribution in [0.15, 0.2) is 23.6 Å². The van der Waals surface area contributed by atoms with Crippen molar-refractivity contribution >= 4 is 33.6 Å². The number of ether oxygens (including phenoxy) is 3. The Balaban J connectivity index is 1.92. The maximum Gasteiger partial charge on any atom is 0.164 e. The molecule has 0 atom stereocenters. The van der Waals surface area contributed by atoms with E-state index in [1.165, 1.54) is 11.2 Å². The van der Waals surface area contributed by atoms with Crippen molar-refractivity contribution in [1.82, 2.24) is 9.97 Å². The first kappa shape index (κ1) is 17.9. The molecule has 0 spiro atoms. The molecule has 7 nitrogen and oxygen atoms in total. The predicted octanol–water partition coefficient (Wildman–Crippen LogP) is 3.78. The van der Waals surface area contributed by atoms with Gasteiger partial charge in [-0.3, -0.25) is 5.43 Å². The second-order valence-electron chi connectivity index (χ2n) is 5.50. The highest BCUT2D eigenvalue weighted by Crippen LogP contribution is 2.34. The zero-order chi connectivity index (χ0) is 18.7. The fourth-order valence-electron chi connectivity index (χ4n) is 2.58. The van der Waals surface area contributed by atoms with E-state index >= 15 is 0 Å². The van der Waals surface area contributed by atoms with Crippen molar-refractivity contribution < 1.29 is 14.2 Å². The Hall–Kier alpha value is -2.87. The molecule has 136 valence electrons. The van der Waals surface area contributed by atoms with Crippen molar-refractivity contribution in [3.8, 4) is 17.2 Å². The number of benzene rings is 1. The molecular weight excluding hydrogens is 352 g/mol. The van der Waals surface area contributed by atoms with Gasteiger partial charge in [-0.15, -0.1) is 11.3 Å². The van der Waals surface area contributed by atoms with E-state index in [1.807, 2.05) is 0 Å². The number of methoxy groups -OCH3 is 3. The van der Waals surface area contributed by atoms with Crippen molar-refractivity contribution in [2.75, 3.05) is 26.8 Å². The van der Waals surface area contributed by atoms with E-state index in [0.29, 0.717) is 23.1 Å². The van der Waals surface area contributed by atoms with Crippen LogP contribution in [0.2, 0.25) is 0 Å². The van der Waals surface area contributed by atoms with Crippen molar-refractivity contribution in [2.24, 2.45) is 5.10 Å². The third kappa shape index (κ3) is 3.28. The Labute approximate surface area is 155 Å². The van der Waals surface area contributed by atoms with Gasteiger partial charge in [0.2, 0.25) is 0 Å². The summed E-state index contributed by atoms with van der Waals surface area (Å²) >= 11 is 1.64. The van der Waals surface area contributed by atoms with Crippen LogP contribution in [0.4, 0.5) is 5.82 Å². The summed E-state index contributed by atoms with van der Waals surface area (Å²) in [4.78, 5) is 10.8. The lowest BCUT2D eigenvalue weighted by molar-refractivity contribution is 0.349. The highest BCUT2D eigenvalue weighted by Gasteiger charge is 2.12. The highest BCUT2D eigenvalue weighted by atomic mass is 32.1. The predicted molar refractivity (Wildman–Crippen MR) is 104 cm³/mol. The van der Waals surface area contributed by atoms with Crippen LogP contribution >= 0.6 is 11.3 Å². The number of hydrogen-bond acceptors (Lipinski definition) is 8. The lowest BCUT2D eigenvalue weighted by Crippen LogP contribution is -1.99. The average Bonchev–Trinajstić information content (AvgIpc) is 2.96. The number of nitrogens with one attached hydrogen (secondary N) is 1. The maximum atomic E-state index is 5.40. The number of anilines is 1. The molecule has 2 heterocycles. The molecule has 8 heteroatoms. The molecule has 0 bridgehead atoms. The maximum absolute atomic E-state index is 5.40. The van der Waals surface area contributed by atoms with Crippen LogP contribution in [0, 0.1) is 13.8 Å². The Morgan fingerprint density at radius 2 is 1.69 bits per heavy atom. The lowest BCUT2D eigenvalue weighted by Gasteiger charge is -2.11. The second-order valence-corrected chi connectivity index (χ2v) is 6.71. The van der Waals surface area contributed by atoms with Crippen LogP contribution in [0.5, 0.6) is 17.2 Å². The van der Waals surface area contributed by atoms with Crippen LogP contribution in [-0.2, 0) is 0 Å². The minimum atomic E-state index is 0.594. The zero-order valence-corrected chi connectivity index (χ0v) is 16.1. The molecule has 3 rings (SSSR count). The fourth-order valence-corrected chi connectivity index (χ4v) is 3.58. The quantitative estimate of drug-likeness (QED) is 0.524. The molecule has 2 aromatic heterocycles. The molecule has 1 N–H and O–H groups in total. The summed E-state index contributed by atoms with van der Waals surface area (Å²) in [6.07, 6.45) is 3.19. The second kappa shape index (κ2) is 7.57. The zero-order valence-electron chi connectivity index (χ0n) is 15.3. The molecule has 0 aliphatic rings. The van der Waals surface area contributed by atoms with Gasteiger partial charge in [0.25, 0.3) is 0 Å². The summed E-state index contributed by atoms with van der Waals surface area (Å²) in [5, 5.41) is 5.31. The molecular formula is C18H20N4O3S. The standard InChI is InChI=1S/C18H20N4O3S/c1-10-11(2)26-18-16(10)17(19-9-20-18)22-21-8-12-6-14(24-4)15(25-5)7-13(12)23-3/h6-9H,1-5H3,(H,19,20,22). The molecule has 0 saturated heterocycles. The third-order valence-electron chi connectivity index (χ3n) is 4.08. The summed E-state index contributed by atoms with van der Waals surface area (Å²) in [5.74, 6) is 2.50. The van der Waals surface area contributed by atoms with E-state index in [0.717, 1.165) is 21.3 Å². The number of nitrogens with zero attached hydrogens (tertiary/aromatic N) is 3. The van der Waals surface area contributed by atoms with Crippen molar-refractivity contribution in [3.05, 3.63) is 34.5 Å². The van der Waals surface area contributed by atoms with E-state index in [9.17, 15) is 0 Å². The van der Waals surface area contributed by atoms with Crippen LogP contribution in [0.25, 0.3) is 10.2 Å². The van der Waals surface area contributed by atoms with Crippen LogP contribution in [0.3, 0.4) is 0 Å². The average molecular weight is 372 g/mol. The van der Waals surface area contributed by atoms with Gasteiger partial charge in [0.1, 0.15) is 16.9 Å². The molecule has 0 saturated carbocycles. The summed E-state index contributed by atoms with van der Waals surface area (Å²) in [6, 6.07) is 3.56. The summed E-state index contributed by atoms with van der Waals surface area (Å²) in [5.41, 5.74) is 4.92. The van der Waals surface area contributed by atoms with Crippen molar-refractivity contribution in [1.29, 1.82) is 0 Å². The number of hydrogen-bond donors (Lipinski definition) is 1. The van der Waals surface area contributed by atoms with E-state index in [1.54, 1.807) is 51.0 Å². The van der Waals surface area contributed by atoms with E-state index in [4.69, 9.17) is 14.2 Å². The van der Waals surface area contributed by atoms with Crippen molar-refractivity contribution in [3.63, 3.8) is 0 Å². The Morgan fingerprint density at radius 1 is 1.00 bits per heavy atom. The van der Waals surface area contributed by atoms with Gasteiger partial charge < -0.3 is 14.2 Å². The first-order valence-electron chi connectivity index (χ1n) is 7.88. The number of hydrazone groups is 1. The number of aromatic nitrogens is 2. The highest BCUT2D eigenvalue weighted by molar-refractivity contribution is 7.18. The van der Waals surface area contributed by atoms with E-state index in [-0.39, 0.29) is 0 Å². The molecule has 0 aliphatic heterocycles. The van der Waals surface area contributed by atoms with E-state index in [2.05, 4.69) is 34.3 Å². The summed E-state index contributed by atoms with van der Waals surface area (Å²) in [6.45, 7) is 4.13. The molecule has 0 fully saturated rings. The van der Waals surface area contributed by atoms with Gasteiger partial charge in [-0.2, -0.15) is 5.10 Å². The Bertz CT molecular complexity index is 969. The number of thiophene rings is 1. The first-order chi connectivity index (χ1) is 12.6. The molecule has 26 heavy (non-hydrogen) atoms. The smallest absolute Gasteiger partial charge is 0.164 e. The van der Waals surface area contributed by atoms with Gasteiger partial charge >= 0.3 is 0 Å². The Morgan fingerprint density at radius 3 is 2.38 bits per heavy atom. The molecule has 1 aromatic carbocycles. The third-order valence-corrected chi connectivity index (χ3v) is 5.19. The van der Waals surface area contributed by atoms with Gasteiger partial charge in [0.05, 0.1) is 32.9 Å². The van der Waals surface area contributed by atoms with Gasteiger partial charge in [0, 0.05) is 16.5 Å². The fraction of sp³-hybridized carbons (Fsp3) is 0.278. The normalized spacial score (nSPS) is 11.1. The monoisotopic (exact) mass is 372 g/mol. The summed E-state index contributed by atoms with van der Waals surface area (Å²) in [7, 11) is 4.76. The van der Waals surface area contributed by atoms with Crippen LogP contribution < -0.4 is 19.6 Å². The SMILES string of the molecule is COc1cc(OC)c(OC)cc1C=NNc1ncnc2sc(C)c(C)c12. The number of aryl methyl sites for hydroxylation is 2. The van der Waals surface area contributed by atoms with Gasteiger partial charge in [-0.1, -0.05) is 0 Å². The molecule has 0 amide bonds. The lowest BCUT2D eigenvalue weighted by atomic mass is 10.2. The minimum Gasteiger partial charge on any atom is -0.496 e. The molecule has 0 radical (unpaired) electrons. The number of rotatable bonds is 6. The van der Waals surface area contributed by atoms with Crippen LogP contribution in [-0.4, -0.2) is 37.5 Å². The largest absolute Gasteiger partial charge is 0.496 e. The Kier molecular flexibility index (Phi) is 5.22. The summed E-state index contributed by atoms with van der Waals surface area (Å²) < 4.78 is 16.0. The van der Waals surface area contributed by atoms with Gasteiger partial charge in [-0.05, 0) is 25.5 Å². The molecule has 3 aromatic rings. The first-order valence-corrected chi connectivity index (χ1v) is 8.70. The van der Waals surface area contributed by atoms with Gasteiger partial charge in [0.15, 0.2) is 17.3 Å². The minimum absolute atomic E-state index is 0.594. The van der Waals surface area contributed by atoms with Crippen LogP contribution in [0.1, 0.15) is 16.0 Å².